The molecule has 5 nitrogen and oxygen atoms in total. The number of aliphatic hydroxyl groups excluding tert-OH is 1. The topological polar surface area (TPSA) is 64.3 Å². The minimum absolute atomic E-state index is 0.122. The van der Waals surface area contributed by atoms with Gasteiger partial charge in [-0.3, -0.25) is 9.36 Å². The molecular weight excluding hydrogens is 280 g/mol. The zero-order valence-electron chi connectivity index (χ0n) is 12.2. The molecule has 1 aromatic heterocycles. The molecule has 3 rings (SSSR count). The van der Waals surface area contributed by atoms with Crippen molar-refractivity contribution in [3.63, 3.8) is 0 Å². The van der Waals surface area contributed by atoms with E-state index in [0.717, 1.165) is 11.3 Å². The number of ether oxygens (including phenoxy) is 1. The van der Waals surface area contributed by atoms with Gasteiger partial charge in [0, 0.05) is 5.56 Å². The summed E-state index contributed by atoms with van der Waals surface area (Å²) in [6.07, 6.45) is 0. The van der Waals surface area contributed by atoms with Crippen LogP contribution in [0.1, 0.15) is 0 Å². The number of aliphatic hydroxyl groups is 1. The number of methoxy groups -OCH3 is 1. The third-order valence-corrected chi connectivity index (χ3v) is 3.53. The molecule has 5 heteroatoms. The lowest BCUT2D eigenvalue weighted by molar-refractivity contribution is 0.274. The van der Waals surface area contributed by atoms with Crippen molar-refractivity contribution in [2.24, 2.45) is 0 Å². The number of aromatic nitrogens is 2. The average molecular weight is 296 g/mol. The van der Waals surface area contributed by atoms with E-state index in [4.69, 9.17) is 4.74 Å². The van der Waals surface area contributed by atoms with E-state index >= 15 is 0 Å². The molecule has 2 aromatic carbocycles. The first-order valence-electron chi connectivity index (χ1n) is 6.99. The summed E-state index contributed by atoms with van der Waals surface area (Å²) in [6.45, 7) is 0.0844. The largest absolute Gasteiger partial charge is 0.497 e. The van der Waals surface area contributed by atoms with Crippen molar-refractivity contribution in [1.29, 1.82) is 0 Å². The quantitative estimate of drug-likeness (QED) is 0.800. The summed E-state index contributed by atoms with van der Waals surface area (Å²) in [7, 11) is 1.60. The number of hydrogen-bond donors (Lipinski definition) is 1. The molecule has 0 saturated heterocycles. The molecule has 22 heavy (non-hydrogen) atoms. The first-order chi connectivity index (χ1) is 10.7. The van der Waals surface area contributed by atoms with Gasteiger partial charge in [0.15, 0.2) is 0 Å². The predicted molar refractivity (Wildman–Crippen MR) is 85.1 cm³/mol. The van der Waals surface area contributed by atoms with E-state index in [1.165, 1.54) is 4.57 Å². The molecule has 0 fully saturated rings. The van der Waals surface area contributed by atoms with E-state index in [-0.39, 0.29) is 18.7 Å². The Labute approximate surface area is 127 Å². The van der Waals surface area contributed by atoms with Gasteiger partial charge in [0.2, 0.25) is 0 Å². The van der Waals surface area contributed by atoms with Gasteiger partial charge in [-0.15, -0.1) is 0 Å². The van der Waals surface area contributed by atoms with E-state index in [1.807, 2.05) is 42.5 Å². The first-order valence-corrected chi connectivity index (χ1v) is 6.99. The highest BCUT2D eigenvalue weighted by atomic mass is 16.5. The van der Waals surface area contributed by atoms with Crippen LogP contribution in [-0.2, 0) is 6.54 Å². The van der Waals surface area contributed by atoms with Crippen LogP contribution in [0, 0.1) is 0 Å². The van der Waals surface area contributed by atoms with E-state index < -0.39 is 0 Å². The second kappa shape index (κ2) is 5.99. The van der Waals surface area contributed by atoms with Crippen LogP contribution in [0.4, 0.5) is 0 Å². The number of hydrogen-bond acceptors (Lipinski definition) is 4. The molecule has 3 aromatic rings. The molecule has 0 amide bonds. The molecule has 0 aliphatic heterocycles. The van der Waals surface area contributed by atoms with Crippen LogP contribution in [0.2, 0.25) is 0 Å². The predicted octanol–water partition coefficient (Wildman–Crippen LogP) is 2.06. The molecule has 112 valence electrons. The van der Waals surface area contributed by atoms with Crippen LogP contribution in [0.15, 0.2) is 53.3 Å². The second-order valence-electron chi connectivity index (χ2n) is 4.86. The number of fused-ring (bicyclic) bond motifs is 1. The van der Waals surface area contributed by atoms with Gasteiger partial charge in [-0.2, -0.15) is 0 Å². The molecular formula is C17H16N2O3. The SMILES string of the molecule is COc1ccc(-c2nc3ccccc3c(=O)n2CCO)cc1. The lowest BCUT2D eigenvalue weighted by atomic mass is 10.1. The maximum absolute atomic E-state index is 12.6. The van der Waals surface area contributed by atoms with Gasteiger partial charge in [-0.05, 0) is 36.4 Å². The molecule has 0 aliphatic rings. The maximum atomic E-state index is 12.6. The molecule has 0 atom stereocenters. The van der Waals surface area contributed by atoms with Gasteiger partial charge in [-0.1, -0.05) is 12.1 Å². The fraction of sp³-hybridized carbons (Fsp3) is 0.176. The standard InChI is InChI=1S/C17H16N2O3/c1-22-13-8-6-12(7-9-13)16-18-15-5-3-2-4-14(15)17(21)19(16)10-11-20/h2-9,20H,10-11H2,1H3. The molecule has 0 saturated carbocycles. The van der Waals surface area contributed by atoms with Crippen LogP contribution >= 0.6 is 0 Å². The highest BCUT2D eigenvalue weighted by molar-refractivity contribution is 5.79. The second-order valence-corrected chi connectivity index (χ2v) is 4.86. The van der Waals surface area contributed by atoms with Crippen molar-refractivity contribution in [2.45, 2.75) is 6.54 Å². The minimum atomic E-state index is -0.148. The van der Waals surface area contributed by atoms with E-state index in [2.05, 4.69) is 4.98 Å². The average Bonchev–Trinajstić information content (AvgIpc) is 2.57. The third kappa shape index (κ3) is 2.46. The van der Waals surface area contributed by atoms with Gasteiger partial charge >= 0.3 is 0 Å². The number of benzene rings is 2. The summed E-state index contributed by atoms with van der Waals surface area (Å²) in [5, 5.41) is 9.81. The van der Waals surface area contributed by atoms with Crippen LogP contribution in [-0.4, -0.2) is 28.4 Å². The first kappa shape index (κ1) is 14.3. The van der Waals surface area contributed by atoms with Crippen LogP contribution < -0.4 is 10.3 Å². The summed E-state index contributed by atoms with van der Waals surface area (Å²) in [4.78, 5) is 17.2. The Morgan fingerprint density at radius 3 is 2.55 bits per heavy atom. The number of para-hydroxylation sites is 1. The molecule has 1 N–H and O–H groups in total. The highest BCUT2D eigenvalue weighted by Crippen LogP contribution is 2.21. The van der Waals surface area contributed by atoms with Crippen LogP contribution in [0.3, 0.4) is 0 Å². The normalized spacial score (nSPS) is 10.8. The molecule has 0 unspecified atom stereocenters. The fourth-order valence-corrected chi connectivity index (χ4v) is 2.44. The Morgan fingerprint density at radius 1 is 1.14 bits per heavy atom. The Morgan fingerprint density at radius 2 is 1.86 bits per heavy atom. The third-order valence-electron chi connectivity index (χ3n) is 3.53. The Balaban J connectivity index is 2.26. The van der Waals surface area contributed by atoms with Crippen molar-refractivity contribution >= 4 is 10.9 Å². The van der Waals surface area contributed by atoms with E-state index in [0.29, 0.717) is 16.7 Å². The van der Waals surface area contributed by atoms with Crippen LogP contribution in [0.5, 0.6) is 5.75 Å². The molecule has 0 aliphatic carbocycles. The summed E-state index contributed by atoms with van der Waals surface area (Å²) < 4.78 is 6.65. The fourth-order valence-electron chi connectivity index (χ4n) is 2.44. The minimum Gasteiger partial charge on any atom is -0.497 e. The Kier molecular flexibility index (Phi) is 3.89. The summed E-state index contributed by atoms with van der Waals surface area (Å²) in [5.74, 6) is 1.28. The zero-order valence-corrected chi connectivity index (χ0v) is 12.2. The van der Waals surface area contributed by atoms with Crippen molar-refractivity contribution in [3.05, 3.63) is 58.9 Å². The lowest BCUT2D eigenvalue weighted by Gasteiger charge is -2.13. The smallest absolute Gasteiger partial charge is 0.261 e. The molecule has 1 heterocycles. The van der Waals surface area contributed by atoms with Gasteiger partial charge < -0.3 is 9.84 Å². The Hall–Kier alpha value is -2.66. The highest BCUT2D eigenvalue weighted by Gasteiger charge is 2.12. The molecule has 0 bridgehead atoms. The molecule has 0 radical (unpaired) electrons. The molecule has 0 spiro atoms. The maximum Gasteiger partial charge on any atom is 0.261 e. The van der Waals surface area contributed by atoms with Crippen molar-refractivity contribution < 1.29 is 9.84 Å². The van der Waals surface area contributed by atoms with E-state index in [1.54, 1.807) is 13.2 Å². The lowest BCUT2D eigenvalue weighted by Crippen LogP contribution is -2.25. The van der Waals surface area contributed by atoms with Crippen LogP contribution in [0.25, 0.3) is 22.3 Å². The zero-order chi connectivity index (χ0) is 15.5. The number of rotatable bonds is 4. The monoisotopic (exact) mass is 296 g/mol. The van der Waals surface area contributed by atoms with Gasteiger partial charge in [-0.25, -0.2) is 4.98 Å². The van der Waals surface area contributed by atoms with Crippen molar-refractivity contribution in [2.75, 3.05) is 13.7 Å². The van der Waals surface area contributed by atoms with E-state index in [9.17, 15) is 9.90 Å². The van der Waals surface area contributed by atoms with Gasteiger partial charge in [0.25, 0.3) is 5.56 Å². The van der Waals surface area contributed by atoms with Gasteiger partial charge in [0.1, 0.15) is 11.6 Å². The summed E-state index contributed by atoms with van der Waals surface area (Å²) >= 11 is 0. The van der Waals surface area contributed by atoms with Crippen molar-refractivity contribution in [3.8, 4) is 17.1 Å². The van der Waals surface area contributed by atoms with Gasteiger partial charge in [0.05, 0.1) is 31.2 Å². The summed E-state index contributed by atoms with van der Waals surface area (Å²) in [5.41, 5.74) is 1.30. The summed E-state index contributed by atoms with van der Waals surface area (Å²) in [6, 6.07) is 14.6. The van der Waals surface area contributed by atoms with Crippen molar-refractivity contribution in [1.82, 2.24) is 9.55 Å². The Bertz CT molecular complexity index is 854. The number of nitrogens with zero attached hydrogens (tertiary/aromatic N) is 2.